The fraction of sp³-hybridized carbons (Fsp3) is 0.611. The van der Waals surface area contributed by atoms with Gasteiger partial charge in [-0.3, -0.25) is 4.79 Å². The van der Waals surface area contributed by atoms with Gasteiger partial charge < -0.3 is 14.5 Å². The van der Waals surface area contributed by atoms with Crippen LogP contribution in [0, 0.1) is 0 Å². The molecule has 0 N–H and O–H groups in total. The van der Waals surface area contributed by atoms with Crippen molar-refractivity contribution >= 4 is 31.7 Å². The number of ether oxygens (including phenoxy) is 1. The molecule has 6 nitrogen and oxygen atoms in total. The summed E-state index contributed by atoms with van der Waals surface area (Å²) in [7, 11) is -1.52. The first kappa shape index (κ1) is 21.2. The van der Waals surface area contributed by atoms with Crippen LogP contribution in [0.1, 0.15) is 30.6 Å². The van der Waals surface area contributed by atoms with Gasteiger partial charge in [-0.15, -0.1) is 0 Å². The Balaban J connectivity index is 2.28. The number of benzene rings is 1. The molecule has 1 atom stereocenters. The zero-order valence-corrected chi connectivity index (χ0v) is 18.0. The zero-order chi connectivity index (χ0) is 19.3. The Morgan fingerprint density at radius 1 is 1.27 bits per heavy atom. The lowest BCUT2D eigenvalue weighted by molar-refractivity contribution is 0.0673. The molecule has 1 aliphatic rings. The summed E-state index contributed by atoms with van der Waals surface area (Å²) in [6.07, 6.45) is 0.494. The van der Waals surface area contributed by atoms with Crippen molar-refractivity contribution in [2.24, 2.45) is 0 Å². The number of nitrogens with zero attached hydrogens (tertiary/aromatic N) is 2. The van der Waals surface area contributed by atoms with E-state index >= 15 is 0 Å². The Hall–Kier alpha value is -1.12. The van der Waals surface area contributed by atoms with Gasteiger partial charge in [0.1, 0.15) is 5.75 Å². The molecule has 1 unspecified atom stereocenters. The Morgan fingerprint density at radius 2 is 1.96 bits per heavy atom. The number of carbonyl (C=O) groups is 1. The molecule has 2 rings (SSSR count). The van der Waals surface area contributed by atoms with Crippen LogP contribution in [-0.4, -0.2) is 75.0 Å². The van der Waals surface area contributed by atoms with Crippen LogP contribution in [0.4, 0.5) is 0 Å². The maximum absolute atomic E-state index is 13.2. The van der Waals surface area contributed by atoms with Crippen molar-refractivity contribution in [2.45, 2.75) is 26.3 Å². The minimum Gasteiger partial charge on any atom is -0.497 e. The minimum absolute atomic E-state index is 0.0403. The van der Waals surface area contributed by atoms with Gasteiger partial charge in [0, 0.05) is 23.6 Å². The third-order valence-corrected chi connectivity index (χ3v) is 7.31. The lowest BCUT2D eigenvalue weighted by atomic mass is 10.1. The van der Waals surface area contributed by atoms with Crippen molar-refractivity contribution in [3.8, 4) is 5.75 Å². The van der Waals surface area contributed by atoms with Crippen LogP contribution in [-0.2, 0) is 9.84 Å². The highest BCUT2D eigenvalue weighted by Gasteiger charge is 2.35. The lowest BCUT2D eigenvalue weighted by Gasteiger charge is -2.31. The highest BCUT2D eigenvalue weighted by Crippen LogP contribution is 2.26. The van der Waals surface area contributed by atoms with Crippen LogP contribution in [0.2, 0.25) is 0 Å². The maximum atomic E-state index is 13.2. The van der Waals surface area contributed by atoms with Crippen molar-refractivity contribution in [1.29, 1.82) is 0 Å². The monoisotopic (exact) mass is 446 g/mol. The second-order valence-electron chi connectivity index (χ2n) is 6.43. The predicted molar refractivity (Wildman–Crippen MR) is 107 cm³/mol. The van der Waals surface area contributed by atoms with E-state index in [1.165, 1.54) is 0 Å². The molecule has 1 aromatic carbocycles. The standard InChI is InChI=1S/C18H27BrN2O4S/c1-4-20(5-2)9-10-21(14-8-11-26(23,24)13-14)18(22)16-12-15(25-3)6-7-17(16)19/h6-7,12,14H,4-5,8-11,13H2,1-3H3. The number of hydrogen-bond acceptors (Lipinski definition) is 5. The third-order valence-electron chi connectivity index (χ3n) is 4.87. The maximum Gasteiger partial charge on any atom is 0.255 e. The quantitative estimate of drug-likeness (QED) is 0.613. The van der Waals surface area contributed by atoms with E-state index in [-0.39, 0.29) is 23.5 Å². The van der Waals surface area contributed by atoms with Crippen LogP contribution >= 0.6 is 15.9 Å². The van der Waals surface area contributed by atoms with Gasteiger partial charge in [0.2, 0.25) is 0 Å². The highest BCUT2D eigenvalue weighted by atomic mass is 79.9. The van der Waals surface area contributed by atoms with Crippen LogP contribution in [0.25, 0.3) is 0 Å². The summed E-state index contributed by atoms with van der Waals surface area (Å²) in [6, 6.07) is 4.97. The SMILES string of the molecule is CCN(CC)CCN(C(=O)c1cc(OC)ccc1Br)C1CCS(=O)(=O)C1. The first-order valence-corrected chi connectivity index (χ1v) is 11.5. The van der Waals surface area contributed by atoms with E-state index in [1.54, 1.807) is 30.2 Å². The van der Waals surface area contributed by atoms with Crippen LogP contribution < -0.4 is 4.74 Å². The van der Waals surface area contributed by atoms with E-state index < -0.39 is 9.84 Å². The second-order valence-corrected chi connectivity index (χ2v) is 9.51. The number of hydrogen-bond donors (Lipinski definition) is 0. The Bertz CT molecular complexity index is 735. The summed E-state index contributed by atoms with van der Waals surface area (Å²) in [5, 5.41) is 0. The summed E-state index contributed by atoms with van der Waals surface area (Å²) in [6.45, 7) is 7.17. The smallest absolute Gasteiger partial charge is 0.255 e. The van der Waals surface area contributed by atoms with E-state index in [0.717, 1.165) is 19.6 Å². The van der Waals surface area contributed by atoms with E-state index in [1.807, 2.05) is 0 Å². The van der Waals surface area contributed by atoms with Crippen molar-refractivity contribution in [1.82, 2.24) is 9.80 Å². The van der Waals surface area contributed by atoms with Crippen LogP contribution in [0.15, 0.2) is 22.7 Å². The average Bonchev–Trinajstić information content (AvgIpc) is 2.98. The minimum atomic E-state index is -3.07. The Labute approximate surface area is 164 Å². The van der Waals surface area contributed by atoms with Gasteiger partial charge in [-0.1, -0.05) is 13.8 Å². The number of halogens is 1. The summed E-state index contributed by atoms with van der Waals surface area (Å²) in [4.78, 5) is 17.2. The number of rotatable bonds is 8. The molecule has 1 amide bonds. The first-order chi connectivity index (χ1) is 12.3. The molecule has 0 spiro atoms. The molecular formula is C18H27BrN2O4S. The van der Waals surface area contributed by atoms with Gasteiger partial charge in [0.15, 0.2) is 9.84 Å². The second kappa shape index (κ2) is 9.19. The van der Waals surface area contributed by atoms with Crippen molar-refractivity contribution in [2.75, 3.05) is 44.8 Å². The van der Waals surface area contributed by atoms with Gasteiger partial charge in [-0.2, -0.15) is 0 Å². The fourth-order valence-electron chi connectivity index (χ4n) is 3.21. The summed E-state index contributed by atoms with van der Waals surface area (Å²) in [5.41, 5.74) is 0.494. The van der Waals surface area contributed by atoms with Crippen molar-refractivity contribution in [3.63, 3.8) is 0 Å². The van der Waals surface area contributed by atoms with Crippen molar-refractivity contribution in [3.05, 3.63) is 28.2 Å². The predicted octanol–water partition coefficient (Wildman–Crippen LogP) is 2.43. The summed E-state index contributed by atoms with van der Waals surface area (Å²) in [5.74, 6) is 0.620. The molecule has 1 aliphatic heterocycles. The number of sulfone groups is 1. The molecule has 0 aliphatic carbocycles. The van der Waals surface area contributed by atoms with Gasteiger partial charge in [-0.05, 0) is 53.6 Å². The lowest BCUT2D eigenvalue weighted by Crippen LogP contribution is -2.45. The molecule has 0 aromatic heterocycles. The topological polar surface area (TPSA) is 66.9 Å². The fourth-order valence-corrected chi connectivity index (χ4v) is 5.36. The molecule has 0 radical (unpaired) electrons. The number of likely N-dealkylation sites (N-methyl/N-ethyl adjacent to an activating group) is 1. The average molecular weight is 447 g/mol. The van der Waals surface area contributed by atoms with E-state index in [4.69, 9.17) is 4.74 Å². The molecule has 8 heteroatoms. The number of methoxy groups -OCH3 is 1. The third kappa shape index (κ3) is 5.20. The highest BCUT2D eigenvalue weighted by molar-refractivity contribution is 9.10. The summed E-state index contributed by atoms with van der Waals surface area (Å²) < 4.78 is 29.8. The van der Waals surface area contributed by atoms with E-state index in [9.17, 15) is 13.2 Å². The summed E-state index contributed by atoms with van der Waals surface area (Å²) >= 11 is 3.44. The Morgan fingerprint density at radius 3 is 2.50 bits per heavy atom. The molecule has 0 bridgehead atoms. The Kier molecular flexibility index (Phi) is 7.49. The van der Waals surface area contributed by atoms with Gasteiger partial charge in [0.05, 0.1) is 24.2 Å². The van der Waals surface area contributed by atoms with Crippen LogP contribution in [0.5, 0.6) is 5.75 Å². The van der Waals surface area contributed by atoms with E-state index in [2.05, 4.69) is 34.7 Å². The molecule has 146 valence electrons. The van der Waals surface area contributed by atoms with Crippen molar-refractivity contribution < 1.29 is 17.9 Å². The molecular weight excluding hydrogens is 420 g/mol. The molecule has 0 saturated carbocycles. The van der Waals surface area contributed by atoms with Gasteiger partial charge >= 0.3 is 0 Å². The van der Waals surface area contributed by atoms with E-state index in [0.29, 0.717) is 28.8 Å². The normalized spacial score (nSPS) is 18.9. The molecule has 1 heterocycles. The first-order valence-electron chi connectivity index (χ1n) is 8.88. The largest absolute Gasteiger partial charge is 0.497 e. The van der Waals surface area contributed by atoms with Crippen LogP contribution in [0.3, 0.4) is 0 Å². The van der Waals surface area contributed by atoms with Gasteiger partial charge in [0.25, 0.3) is 5.91 Å². The van der Waals surface area contributed by atoms with Gasteiger partial charge in [-0.25, -0.2) is 8.42 Å². The molecule has 1 aromatic rings. The number of amides is 1. The molecule has 26 heavy (non-hydrogen) atoms. The molecule has 1 fully saturated rings. The molecule has 1 saturated heterocycles. The number of carbonyl (C=O) groups excluding carboxylic acids is 1. The zero-order valence-electron chi connectivity index (χ0n) is 15.6.